The van der Waals surface area contributed by atoms with Crippen LogP contribution in [-0.2, 0) is 6.54 Å². The van der Waals surface area contributed by atoms with Gasteiger partial charge in [0.2, 0.25) is 0 Å². The maximum atomic E-state index is 4.19. The van der Waals surface area contributed by atoms with E-state index in [2.05, 4.69) is 41.7 Å². The van der Waals surface area contributed by atoms with Crippen LogP contribution in [0, 0.1) is 0 Å². The number of nitrogens with zero attached hydrogens (tertiary/aromatic N) is 2. The van der Waals surface area contributed by atoms with Crippen molar-refractivity contribution in [3.8, 4) is 0 Å². The lowest BCUT2D eigenvalue weighted by molar-refractivity contribution is 0.672. The van der Waals surface area contributed by atoms with Crippen LogP contribution >= 0.6 is 0 Å². The quantitative estimate of drug-likeness (QED) is 0.717. The van der Waals surface area contributed by atoms with E-state index in [1.807, 2.05) is 12.5 Å². The number of hydrogen-bond donors (Lipinski definition) is 1. The Balaban J connectivity index is 2.55. The summed E-state index contributed by atoms with van der Waals surface area (Å²) >= 11 is 0. The molecule has 3 nitrogen and oxygen atoms in total. The Morgan fingerprint density at radius 1 is 1.44 bits per heavy atom. The van der Waals surface area contributed by atoms with Gasteiger partial charge in [0, 0.05) is 13.1 Å². The lowest BCUT2D eigenvalue weighted by Gasteiger charge is -2.05. The largest absolute Gasteiger partial charge is 0.331 e. The average Bonchev–Trinajstić information content (AvgIpc) is 2.67. The molecular formula is C13H23N3. The van der Waals surface area contributed by atoms with Gasteiger partial charge < -0.3 is 9.88 Å². The smallest absolute Gasteiger partial charge is 0.0950 e. The third-order valence-electron chi connectivity index (χ3n) is 2.43. The first-order chi connectivity index (χ1) is 7.77. The first-order valence-corrected chi connectivity index (χ1v) is 6.16. The van der Waals surface area contributed by atoms with Gasteiger partial charge in [0.05, 0.1) is 18.2 Å². The lowest BCUT2D eigenvalue weighted by atomic mass is 10.2. The van der Waals surface area contributed by atoms with Gasteiger partial charge in [-0.15, -0.1) is 0 Å². The molecule has 16 heavy (non-hydrogen) atoms. The Kier molecular flexibility index (Phi) is 5.86. The fourth-order valence-electron chi connectivity index (χ4n) is 1.64. The minimum absolute atomic E-state index is 0.963. The molecule has 0 saturated heterocycles. The minimum atomic E-state index is 0.963. The number of aryl methyl sites for hydroxylation is 1. The topological polar surface area (TPSA) is 29.9 Å². The third-order valence-corrected chi connectivity index (χ3v) is 2.43. The second-order valence-electron chi connectivity index (χ2n) is 4.18. The summed E-state index contributed by atoms with van der Waals surface area (Å²) in [7, 11) is 0. The molecule has 0 atom stereocenters. The highest BCUT2D eigenvalue weighted by Gasteiger charge is 1.98. The van der Waals surface area contributed by atoms with Gasteiger partial charge in [-0.2, -0.15) is 0 Å². The van der Waals surface area contributed by atoms with Gasteiger partial charge in [-0.1, -0.05) is 19.4 Å². The van der Waals surface area contributed by atoms with Gasteiger partial charge in [-0.3, -0.25) is 0 Å². The first-order valence-electron chi connectivity index (χ1n) is 6.16. The molecule has 0 bridgehead atoms. The number of nitrogens with one attached hydrogen (secondary N) is 1. The summed E-state index contributed by atoms with van der Waals surface area (Å²) in [5.41, 5.74) is 2.56. The molecule has 90 valence electrons. The fourth-order valence-corrected chi connectivity index (χ4v) is 1.64. The molecule has 0 unspecified atom stereocenters. The van der Waals surface area contributed by atoms with Crippen molar-refractivity contribution in [2.45, 2.75) is 40.2 Å². The van der Waals surface area contributed by atoms with Crippen LogP contribution in [0.4, 0.5) is 0 Å². The monoisotopic (exact) mass is 221 g/mol. The zero-order valence-corrected chi connectivity index (χ0v) is 10.7. The molecule has 0 radical (unpaired) electrons. The van der Waals surface area contributed by atoms with E-state index in [4.69, 9.17) is 0 Å². The molecule has 1 rings (SSSR count). The molecule has 0 aliphatic rings. The highest BCUT2D eigenvalue weighted by atomic mass is 15.0. The minimum Gasteiger partial charge on any atom is -0.331 e. The Hall–Kier alpha value is -1.09. The lowest BCUT2D eigenvalue weighted by Crippen LogP contribution is -2.16. The van der Waals surface area contributed by atoms with Gasteiger partial charge >= 0.3 is 0 Å². The maximum absolute atomic E-state index is 4.19. The Labute approximate surface area is 98.6 Å². The van der Waals surface area contributed by atoms with Gasteiger partial charge in [0.15, 0.2) is 0 Å². The molecule has 0 spiro atoms. The highest BCUT2D eigenvalue weighted by Crippen LogP contribution is 2.06. The van der Waals surface area contributed by atoms with E-state index in [0.717, 1.165) is 26.1 Å². The zero-order valence-electron chi connectivity index (χ0n) is 10.7. The summed E-state index contributed by atoms with van der Waals surface area (Å²) in [4.78, 5) is 4.19. The standard InChI is InChI=1S/C13H23N3/c1-4-6-14-9-12(3)8-13-10-15-11-16(13)7-5-2/h8,10-11,14H,4-7,9H2,1-3H3. The van der Waals surface area contributed by atoms with Crippen LogP contribution < -0.4 is 5.32 Å². The van der Waals surface area contributed by atoms with Crippen molar-refractivity contribution < 1.29 is 0 Å². The third kappa shape index (κ3) is 4.19. The van der Waals surface area contributed by atoms with Crippen molar-refractivity contribution in [3.63, 3.8) is 0 Å². The summed E-state index contributed by atoms with van der Waals surface area (Å²) in [6.45, 7) is 9.61. The van der Waals surface area contributed by atoms with Crippen LogP contribution in [0.15, 0.2) is 18.1 Å². The molecule has 0 amide bonds. The summed E-state index contributed by atoms with van der Waals surface area (Å²) in [6, 6.07) is 0. The molecule has 0 fully saturated rings. The Bertz CT molecular complexity index is 326. The van der Waals surface area contributed by atoms with Crippen molar-refractivity contribution >= 4 is 6.08 Å². The summed E-state index contributed by atoms with van der Waals surface area (Å²) in [5.74, 6) is 0. The van der Waals surface area contributed by atoms with E-state index in [1.165, 1.54) is 17.7 Å². The van der Waals surface area contributed by atoms with E-state index in [1.54, 1.807) is 0 Å². The maximum Gasteiger partial charge on any atom is 0.0950 e. The predicted molar refractivity (Wildman–Crippen MR) is 69.3 cm³/mol. The van der Waals surface area contributed by atoms with Crippen molar-refractivity contribution in [3.05, 3.63) is 23.8 Å². The van der Waals surface area contributed by atoms with Crippen molar-refractivity contribution in [2.75, 3.05) is 13.1 Å². The normalized spacial score (nSPS) is 12.1. The molecule has 1 heterocycles. The van der Waals surface area contributed by atoms with Crippen LogP contribution in [0.1, 0.15) is 39.3 Å². The average molecular weight is 221 g/mol. The molecule has 0 saturated carbocycles. The second-order valence-corrected chi connectivity index (χ2v) is 4.18. The van der Waals surface area contributed by atoms with Gasteiger partial charge in [-0.05, 0) is 32.4 Å². The summed E-state index contributed by atoms with van der Waals surface area (Å²) < 4.78 is 2.20. The molecule has 1 aromatic heterocycles. The van der Waals surface area contributed by atoms with Crippen molar-refractivity contribution in [1.82, 2.24) is 14.9 Å². The van der Waals surface area contributed by atoms with Gasteiger partial charge in [0.1, 0.15) is 0 Å². The Morgan fingerprint density at radius 2 is 2.25 bits per heavy atom. The van der Waals surface area contributed by atoms with E-state index in [0.29, 0.717) is 0 Å². The SMILES string of the molecule is CCCNCC(C)=Cc1cncn1CCC. The number of hydrogen-bond acceptors (Lipinski definition) is 2. The molecule has 3 heteroatoms. The van der Waals surface area contributed by atoms with Crippen LogP contribution in [0.5, 0.6) is 0 Å². The molecule has 0 aliphatic heterocycles. The number of aromatic nitrogens is 2. The van der Waals surface area contributed by atoms with Crippen LogP contribution in [0.2, 0.25) is 0 Å². The van der Waals surface area contributed by atoms with Gasteiger partial charge in [0.25, 0.3) is 0 Å². The van der Waals surface area contributed by atoms with Crippen molar-refractivity contribution in [1.29, 1.82) is 0 Å². The van der Waals surface area contributed by atoms with Crippen LogP contribution in [0.3, 0.4) is 0 Å². The molecule has 1 N–H and O–H groups in total. The molecule has 1 aromatic rings. The number of rotatable bonds is 7. The summed E-state index contributed by atoms with van der Waals surface area (Å²) in [6.07, 6.45) is 8.37. The molecule has 0 aliphatic carbocycles. The van der Waals surface area contributed by atoms with Crippen molar-refractivity contribution in [2.24, 2.45) is 0 Å². The second kappa shape index (κ2) is 7.23. The zero-order chi connectivity index (χ0) is 11.8. The van der Waals surface area contributed by atoms with Gasteiger partial charge in [-0.25, -0.2) is 4.98 Å². The number of imidazole rings is 1. The van der Waals surface area contributed by atoms with E-state index < -0.39 is 0 Å². The van der Waals surface area contributed by atoms with Crippen LogP contribution in [0.25, 0.3) is 6.08 Å². The van der Waals surface area contributed by atoms with Crippen LogP contribution in [-0.4, -0.2) is 22.6 Å². The molecule has 0 aromatic carbocycles. The predicted octanol–water partition coefficient (Wildman–Crippen LogP) is 2.70. The summed E-state index contributed by atoms with van der Waals surface area (Å²) in [5, 5.41) is 3.40. The fraction of sp³-hybridized carbons (Fsp3) is 0.615. The first kappa shape index (κ1) is 13.0. The highest BCUT2D eigenvalue weighted by molar-refractivity contribution is 5.48. The Morgan fingerprint density at radius 3 is 2.94 bits per heavy atom. The van der Waals surface area contributed by atoms with E-state index in [-0.39, 0.29) is 0 Å². The van der Waals surface area contributed by atoms with E-state index in [9.17, 15) is 0 Å². The molecular weight excluding hydrogens is 198 g/mol. The van der Waals surface area contributed by atoms with E-state index >= 15 is 0 Å².